The first-order valence-electron chi connectivity index (χ1n) is 8.76. The molecule has 3 nitrogen and oxygen atoms in total. The molecular weight excluding hydrogens is 318 g/mol. The van der Waals surface area contributed by atoms with Crippen molar-refractivity contribution in [1.29, 1.82) is 0 Å². The summed E-state index contributed by atoms with van der Waals surface area (Å²) >= 11 is 0. The second kappa shape index (κ2) is 6.60. The van der Waals surface area contributed by atoms with E-state index in [0.29, 0.717) is 0 Å². The molecule has 0 aliphatic rings. The molecule has 0 unspecified atom stereocenters. The van der Waals surface area contributed by atoms with Gasteiger partial charge in [-0.1, -0.05) is 36.4 Å². The number of hydrogen-bond acceptors (Lipinski definition) is 2. The molecule has 0 fully saturated rings. The number of aromatic amines is 1. The number of aryl methyl sites for hydroxylation is 1. The van der Waals surface area contributed by atoms with Crippen LogP contribution in [0.3, 0.4) is 0 Å². The van der Waals surface area contributed by atoms with E-state index in [0.717, 1.165) is 22.4 Å². The van der Waals surface area contributed by atoms with Gasteiger partial charge in [0.05, 0.1) is 11.9 Å². The van der Waals surface area contributed by atoms with E-state index in [4.69, 9.17) is 0 Å². The van der Waals surface area contributed by atoms with E-state index in [1.165, 1.54) is 27.8 Å². The fourth-order valence-electron chi connectivity index (χ4n) is 3.34. The van der Waals surface area contributed by atoms with Crippen LogP contribution in [0.5, 0.6) is 0 Å². The van der Waals surface area contributed by atoms with E-state index in [1.807, 2.05) is 18.3 Å². The predicted molar refractivity (Wildman–Crippen MR) is 107 cm³/mol. The molecule has 0 amide bonds. The molecule has 0 aliphatic heterocycles. The Bertz CT molecular complexity index is 1040. The van der Waals surface area contributed by atoms with E-state index in [2.05, 4.69) is 72.4 Å². The monoisotopic (exact) mass is 339 g/mol. The van der Waals surface area contributed by atoms with Crippen LogP contribution in [0.25, 0.3) is 33.5 Å². The Morgan fingerprint density at radius 2 is 1.31 bits per heavy atom. The molecule has 2 aromatic carbocycles. The third kappa shape index (κ3) is 2.82. The zero-order valence-electron chi connectivity index (χ0n) is 15.2. The van der Waals surface area contributed by atoms with Crippen LogP contribution in [0.2, 0.25) is 0 Å². The maximum absolute atomic E-state index is 4.25. The smallest absolute Gasteiger partial charge is 0.0729 e. The molecule has 0 bridgehead atoms. The van der Waals surface area contributed by atoms with Crippen LogP contribution in [0.4, 0.5) is 0 Å². The lowest BCUT2D eigenvalue weighted by Crippen LogP contribution is -1.91. The van der Waals surface area contributed by atoms with Crippen molar-refractivity contribution in [3.05, 3.63) is 83.8 Å². The Labute approximate surface area is 153 Å². The number of hydrogen-bond donors (Lipinski definition) is 1. The van der Waals surface area contributed by atoms with Gasteiger partial charge in [-0.15, -0.1) is 0 Å². The standard InChI is InChI=1S/C23H21N3/c1-15-4-9-21(17(3)16(15)2)18-5-7-19(8-6-18)22-14-25-26-23(22)20-10-12-24-13-11-20/h4-14H,1-3H3,(H,25,26). The zero-order valence-corrected chi connectivity index (χ0v) is 15.2. The molecule has 3 heteroatoms. The van der Waals surface area contributed by atoms with Gasteiger partial charge in [-0.05, 0) is 66.3 Å². The second-order valence-corrected chi connectivity index (χ2v) is 6.65. The summed E-state index contributed by atoms with van der Waals surface area (Å²) in [6.07, 6.45) is 5.48. The molecular formula is C23H21N3. The molecule has 0 radical (unpaired) electrons. The van der Waals surface area contributed by atoms with E-state index in [1.54, 1.807) is 12.4 Å². The Hall–Kier alpha value is -3.20. The third-order valence-electron chi connectivity index (χ3n) is 5.17. The van der Waals surface area contributed by atoms with Gasteiger partial charge in [0.1, 0.15) is 0 Å². The Balaban J connectivity index is 1.73. The summed E-state index contributed by atoms with van der Waals surface area (Å²) in [5.41, 5.74) is 10.9. The number of benzene rings is 2. The van der Waals surface area contributed by atoms with Gasteiger partial charge in [-0.2, -0.15) is 5.10 Å². The number of aromatic nitrogens is 3. The second-order valence-electron chi connectivity index (χ2n) is 6.65. The van der Waals surface area contributed by atoms with Crippen LogP contribution in [0, 0.1) is 20.8 Å². The maximum Gasteiger partial charge on any atom is 0.0729 e. The van der Waals surface area contributed by atoms with Gasteiger partial charge >= 0.3 is 0 Å². The van der Waals surface area contributed by atoms with Crippen LogP contribution in [-0.4, -0.2) is 15.2 Å². The number of nitrogens with one attached hydrogen (secondary N) is 1. The fourth-order valence-corrected chi connectivity index (χ4v) is 3.34. The molecule has 4 rings (SSSR count). The van der Waals surface area contributed by atoms with Crippen molar-refractivity contribution in [2.45, 2.75) is 20.8 Å². The highest BCUT2D eigenvalue weighted by Crippen LogP contribution is 2.33. The summed E-state index contributed by atoms with van der Waals surface area (Å²) in [6.45, 7) is 6.55. The highest BCUT2D eigenvalue weighted by Gasteiger charge is 2.11. The average molecular weight is 339 g/mol. The quantitative estimate of drug-likeness (QED) is 0.518. The predicted octanol–water partition coefficient (Wildman–Crippen LogP) is 5.73. The summed E-state index contributed by atoms with van der Waals surface area (Å²) < 4.78 is 0. The lowest BCUT2D eigenvalue weighted by atomic mass is 9.93. The van der Waals surface area contributed by atoms with Gasteiger partial charge in [0.2, 0.25) is 0 Å². The fraction of sp³-hybridized carbons (Fsp3) is 0.130. The third-order valence-corrected chi connectivity index (χ3v) is 5.17. The van der Waals surface area contributed by atoms with Crippen LogP contribution < -0.4 is 0 Å². The molecule has 0 aliphatic carbocycles. The average Bonchev–Trinajstić information content (AvgIpc) is 3.17. The molecule has 0 saturated heterocycles. The van der Waals surface area contributed by atoms with Crippen LogP contribution >= 0.6 is 0 Å². The van der Waals surface area contributed by atoms with Crippen LogP contribution in [0.15, 0.2) is 67.1 Å². The van der Waals surface area contributed by atoms with E-state index >= 15 is 0 Å². The lowest BCUT2D eigenvalue weighted by Gasteiger charge is -2.12. The number of pyridine rings is 1. The van der Waals surface area contributed by atoms with Crippen molar-refractivity contribution in [3.63, 3.8) is 0 Å². The molecule has 0 saturated carbocycles. The summed E-state index contributed by atoms with van der Waals surface area (Å²) in [5.74, 6) is 0. The minimum absolute atomic E-state index is 1.02. The minimum Gasteiger partial charge on any atom is -0.277 e. The number of nitrogens with zero attached hydrogens (tertiary/aromatic N) is 2. The van der Waals surface area contributed by atoms with Crippen molar-refractivity contribution in [3.8, 4) is 33.5 Å². The Morgan fingerprint density at radius 3 is 2.00 bits per heavy atom. The molecule has 128 valence electrons. The van der Waals surface area contributed by atoms with E-state index in [9.17, 15) is 0 Å². The summed E-state index contributed by atoms with van der Waals surface area (Å²) in [4.78, 5) is 4.09. The first-order chi connectivity index (χ1) is 12.6. The van der Waals surface area contributed by atoms with E-state index in [-0.39, 0.29) is 0 Å². The van der Waals surface area contributed by atoms with Gasteiger partial charge < -0.3 is 0 Å². The van der Waals surface area contributed by atoms with Crippen LogP contribution in [-0.2, 0) is 0 Å². The van der Waals surface area contributed by atoms with Crippen molar-refractivity contribution >= 4 is 0 Å². The number of H-pyrrole nitrogens is 1. The normalized spacial score (nSPS) is 10.9. The topological polar surface area (TPSA) is 41.6 Å². The van der Waals surface area contributed by atoms with Crippen molar-refractivity contribution < 1.29 is 0 Å². The Morgan fingerprint density at radius 1 is 0.654 bits per heavy atom. The summed E-state index contributed by atoms with van der Waals surface area (Å²) in [7, 11) is 0. The first-order valence-corrected chi connectivity index (χ1v) is 8.76. The molecule has 26 heavy (non-hydrogen) atoms. The number of rotatable bonds is 3. The van der Waals surface area contributed by atoms with Gasteiger partial charge in [0.15, 0.2) is 0 Å². The molecule has 0 atom stereocenters. The molecule has 0 spiro atoms. The van der Waals surface area contributed by atoms with Gasteiger partial charge in [0.25, 0.3) is 0 Å². The maximum atomic E-state index is 4.25. The van der Waals surface area contributed by atoms with Crippen LogP contribution in [0.1, 0.15) is 16.7 Å². The molecule has 2 aromatic heterocycles. The van der Waals surface area contributed by atoms with Gasteiger partial charge in [-0.25, -0.2) is 0 Å². The molecule has 1 N–H and O–H groups in total. The van der Waals surface area contributed by atoms with Crippen molar-refractivity contribution in [1.82, 2.24) is 15.2 Å². The largest absolute Gasteiger partial charge is 0.277 e. The lowest BCUT2D eigenvalue weighted by molar-refractivity contribution is 1.09. The summed E-state index contributed by atoms with van der Waals surface area (Å²) in [5, 5.41) is 7.36. The van der Waals surface area contributed by atoms with E-state index < -0.39 is 0 Å². The first kappa shape index (κ1) is 16.3. The molecule has 2 heterocycles. The SMILES string of the molecule is Cc1ccc(-c2ccc(-c3cn[nH]c3-c3ccncc3)cc2)c(C)c1C. The summed E-state index contributed by atoms with van der Waals surface area (Å²) in [6, 6.07) is 17.1. The van der Waals surface area contributed by atoms with Crippen molar-refractivity contribution in [2.24, 2.45) is 0 Å². The van der Waals surface area contributed by atoms with Gasteiger partial charge in [-0.3, -0.25) is 10.1 Å². The minimum atomic E-state index is 1.02. The zero-order chi connectivity index (χ0) is 18.1. The highest BCUT2D eigenvalue weighted by molar-refractivity contribution is 5.81. The highest BCUT2D eigenvalue weighted by atomic mass is 15.1. The van der Waals surface area contributed by atoms with Crippen molar-refractivity contribution in [2.75, 3.05) is 0 Å². The Kier molecular flexibility index (Phi) is 4.13. The molecule has 4 aromatic rings. The van der Waals surface area contributed by atoms with Gasteiger partial charge in [0, 0.05) is 23.5 Å².